The number of hydrogen-bond acceptors (Lipinski definition) is 3. The van der Waals surface area contributed by atoms with Gasteiger partial charge in [0.2, 0.25) is 5.91 Å². The predicted molar refractivity (Wildman–Crippen MR) is 64.0 cm³/mol. The molecule has 0 spiro atoms. The fourth-order valence-electron chi connectivity index (χ4n) is 1.60. The molecule has 0 bridgehead atoms. The Bertz CT molecular complexity index is 341. The summed E-state index contributed by atoms with van der Waals surface area (Å²) in [6.45, 7) is 1.32. The lowest BCUT2D eigenvalue weighted by Gasteiger charge is -2.24. The molecule has 0 aromatic heterocycles. The highest BCUT2D eigenvalue weighted by molar-refractivity contribution is 5.86. The van der Waals surface area contributed by atoms with Gasteiger partial charge in [-0.05, 0) is 25.7 Å². The van der Waals surface area contributed by atoms with Gasteiger partial charge in [-0.1, -0.05) is 0 Å². The van der Waals surface area contributed by atoms with Gasteiger partial charge in [-0.25, -0.2) is 4.79 Å². The minimum atomic E-state index is -1.12. The number of carbonyl (C=O) groups is 3. The third-order valence-electron chi connectivity index (χ3n) is 3.07. The molecular formula is C11H19N3O4. The summed E-state index contributed by atoms with van der Waals surface area (Å²) in [6, 6.07) is -0.160. The van der Waals surface area contributed by atoms with E-state index in [1.54, 1.807) is 11.9 Å². The van der Waals surface area contributed by atoms with Crippen LogP contribution in [0.25, 0.3) is 0 Å². The number of amides is 3. The lowest BCUT2D eigenvalue weighted by atomic mass is 10.2. The molecule has 0 aromatic rings. The first-order valence-electron chi connectivity index (χ1n) is 5.91. The van der Waals surface area contributed by atoms with Crippen molar-refractivity contribution >= 4 is 17.9 Å². The van der Waals surface area contributed by atoms with Gasteiger partial charge in [0.1, 0.15) is 6.54 Å². The van der Waals surface area contributed by atoms with Crippen molar-refractivity contribution in [3.05, 3.63) is 0 Å². The van der Waals surface area contributed by atoms with Gasteiger partial charge in [0.15, 0.2) is 0 Å². The van der Waals surface area contributed by atoms with Crippen molar-refractivity contribution in [2.24, 2.45) is 5.92 Å². The van der Waals surface area contributed by atoms with E-state index in [-0.39, 0.29) is 18.6 Å². The van der Waals surface area contributed by atoms with E-state index in [1.807, 2.05) is 6.92 Å². The zero-order valence-electron chi connectivity index (χ0n) is 10.6. The lowest BCUT2D eigenvalue weighted by molar-refractivity contribution is -0.137. The highest BCUT2D eigenvalue weighted by Gasteiger charge is 2.32. The van der Waals surface area contributed by atoms with Crippen LogP contribution >= 0.6 is 0 Å². The van der Waals surface area contributed by atoms with Crippen molar-refractivity contribution in [2.75, 3.05) is 20.1 Å². The van der Waals surface area contributed by atoms with Crippen LogP contribution in [0.4, 0.5) is 4.79 Å². The highest BCUT2D eigenvalue weighted by atomic mass is 16.4. The van der Waals surface area contributed by atoms with Crippen molar-refractivity contribution < 1.29 is 19.5 Å². The average molecular weight is 257 g/mol. The molecule has 1 unspecified atom stereocenters. The SMILES string of the molecule is CC(C1CC1)N(C)C(=O)NCC(=O)NCC(=O)O. The largest absolute Gasteiger partial charge is 0.480 e. The molecule has 0 radical (unpaired) electrons. The fraction of sp³-hybridized carbons (Fsp3) is 0.727. The number of nitrogens with one attached hydrogen (secondary N) is 2. The zero-order chi connectivity index (χ0) is 13.7. The Morgan fingerprint density at radius 2 is 1.89 bits per heavy atom. The van der Waals surface area contributed by atoms with E-state index in [2.05, 4.69) is 10.6 Å². The Hall–Kier alpha value is -1.79. The van der Waals surface area contributed by atoms with Crippen LogP contribution < -0.4 is 10.6 Å². The standard InChI is InChI=1S/C11H19N3O4/c1-7(8-3-4-8)14(2)11(18)13-5-9(15)12-6-10(16)17/h7-8H,3-6H2,1-2H3,(H,12,15)(H,13,18)(H,16,17). The van der Waals surface area contributed by atoms with Gasteiger partial charge in [-0.15, -0.1) is 0 Å². The maximum atomic E-state index is 11.7. The van der Waals surface area contributed by atoms with E-state index in [0.29, 0.717) is 5.92 Å². The molecule has 1 aliphatic carbocycles. The number of carboxylic acid groups (broad SMARTS) is 1. The molecule has 7 heteroatoms. The van der Waals surface area contributed by atoms with E-state index >= 15 is 0 Å². The van der Waals surface area contributed by atoms with Crippen molar-refractivity contribution in [3.63, 3.8) is 0 Å². The fourth-order valence-corrected chi connectivity index (χ4v) is 1.60. The van der Waals surface area contributed by atoms with Gasteiger partial charge in [-0.3, -0.25) is 9.59 Å². The smallest absolute Gasteiger partial charge is 0.322 e. The first kappa shape index (κ1) is 14.3. The summed E-state index contributed by atoms with van der Waals surface area (Å²) in [6.07, 6.45) is 2.27. The van der Waals surface area contributed by atoms with E-state index in [1.165, 1.54) is 0 Å². The molecule has 7 nitrogen and oxygen atoms in total. The number of nitrogens with zero attached hydrogens (tertiary/aromatic N) is 1. The molecule has 18 heavy (non-hydrogen) atoms. The van der Waals surface area contributed by atoms with Crippen LogP contribution in [0.2, 0.25) is 0 Å². The van der Waals surface area contributed by atoms with Crippen molar-refractivity contribution in [3.8, 4) is 0 Å². The number of urea groups is 1. The number of carboxylic acids is 1. The molecule has 3 amide bonds. The molecule has 3 N–H and O–H groups in total. The maximum absolute atomic E-state index is 11.7. The maximum Gasteiger partial charge on any atom is 0.322 e. The first-order valence-corrected chi connectivity index (χ1v) is 5.91. The normalized spacial score (nSPS) is 15.7. The zero-order valence-corrected chi connectivity index (χ0v) is 10.6. The molecule has 1 fully saturated rings. The second kappa shape index (κ2) is 6.23. The van der Waals surface area contributed by atoms with Crippen LogP contribution in [-0.2, 0) is 9.59 Å². The number of rotatable bonds is 6. The number of aliphatic carboxylic acids is 1. The molecule has 0 aliphatic heterocycles. The Balaban J connectivity index is 2.22. The number of carbonyl (C=O) groups excluding carboxylic acids is 2. The van der Waals surface area contributed by atoms with Crippen LogP contribution in [0.3, 0.4) is 0 Å². The molecule has 1 aliphatic rings. The molecular weight excluding hydrogens is 238 g/mol. The second-order valence-electron chi connectivity index (χ2n) is 4.52. The molecule has 0 aromatic carbocycles. The summed E-state index contributed by atoms with van der Waals surface area (Å²) < 4.78 is 0. The predicted octanol–water partition coefficient (Wildman–Crippen LogP) is -0.373. The summed E-state index contributed by atoms with van der Waals surface area (Å²) in [4.78, 5) is 34.6. The molecule has 0 heterocycles. The van der Waals surface area contributed by atoms with Crippen LogP contribution in [0.5, 0.6) is 0 Å². The summed E-state index contributed by atoms with van der Waals surface area (Å²) in [5, 5.41) is 13.0. The third kappa shape index (κ3) is 4.60. The quantitative estimate of drug-likeness (QED) is 0.604. The van der Waals surface area contributed by atoms with E-state index < -0.39 is 18.4 Å². The second-order valence-corrected chi connectivity index (χ2v) is 4.52. The Kier molecular flexibility index (Phi) is 4.94. The van der Waals surface area contributed by atoms with Crippen LogP contribution in [0.15, 0.2) is 0 Å². The van der Waals surface area contributed by atoms with Crippen LogP contribution in [0.1, 0.15) is 19.8 Å². The Morgan fingerprint density at radius 3 is 2.39 bits per heavy atom. The molecule has 1 atom stereocenters. The van der Waals surface area contributed by atoms with Gasteiger partial charge in [0, 0.05) is 13.1 Å². The van der Waals surface area contributed by atoms with Crippen molar-refractivity contribution in [1.82, 2.24) is 15.5 Å². The molecule has 1 rings (SSSR count). The van der Waals surface area contributed by atoms with Gasteiger partial charge in [0.05, 0.1) is 6.54 Å². The van der Waals surface area contributed by atoms with Crippen LogP contribution in [0, 0.1) is 5.92 Å². The van der Waals surface area contributed by atoms with Gasteiger partial charge in [0.25, 0.3) is 0 Å². The first-order chi connectivity index (χ1) is 8.41. The monoisotopic (exact) mass is 257 g/mol. The third-order valence-corrected chi connectivity index (χ3v) is 3.07. The van der Waals surface area contributed by atoms with E-state index in [9.17, 15) is 14.4 Å². The van der Waals surface area contributed by atoms with Crippen molar-refractivity contribution in [2.45, 2.75) is 25.8 Å². The highest BCUT2D eigenvalue weighted by Crippen LogP contribution is 2.34. The van der Waals surface area contributed by atoms with E-state index in [0.717, 1.165) is 12.8 Å². The van der Waals surface area contributed by atoms with Gasteiger partial charge < -0.3 is 20.6 Å². The molecule has 0 saturated heterocycles. The average Bonchev–Trinajstić information content (AvgIpc) is 3.15. The summed E-state index contributed by atoms with van der Waals surface area (Å²) in [5.74, 6) is -1.08. The summed E-state index contributed by atoms with van der Waals surface area (Å²) in [5.41, 5.74) is 0. The van der Waals surface area contributed by atoms with Gasteiger partial charge in [-0.2, -0.15) is 0 Å². The minimum absolute atomic E-state index is 0.159. The number of hydrogen-bond donors (Lipinski definition) is 3. The topological polar surface area (TPSA) is 98.7 Å². The molecule has 102 valence electrons. The van der Waals surface area contributed by atoms with Crippen molar-refractivity contribution in [1.29, 1.82) is 0 Å². The molecule has 1 saturated carbocycles. The Labute approximate surface area is 106 Å². The van der Waals surface area contributed by atoms with E-state index in [4.69, 9.17) is 5.11 Å². The Morgan fingerprint density at radius 1 is 1.28 bits per heavy atom. The minimum Gasteiger partial charge on any atom is -0.480 e. The van der Waals surface area contributed by atoms with Gasteiger partial charge >= 0.3 is 12.0 Å². The van der Waals surface area contributed by atoms with Crippen LogP contribution in [-0.4, -0.2) is 54.1 Å². The summed E-state index contributed by atoms with van der Waals surface area (Å²) in [7, 11) is 1.69. The summed E-state index contributed by atoms with van der Waals surface area (Å²) >= 11 is 0. The lowest BCUT2D eigenvalue weighted by Crippen LogP contribution is -2.47.